The second-order valence-corrected chi connectivity index (χ2v) is 4.49. The van der Waals surface area contributed by atoms with Crippen LogP contribution in [0.25, 0.3) is 11.2 Å². The molecule has 11 nitrogen and oxygen atoms in total. The van der Waals surface area contributed by atoms with Crippen LogP contribution in [-0.2, 0) is 4.74 Å². The van der Waals surface area contributed by atoms with Gasteiger partial charge in [-0.25, -0.2) is 4.98 Å². The molecule has 3 rings (SSSR count). The summed E-state index contributed by atoms with van der Waals surface area (Å²) >= 11 is 0. The van der Waals surface area contributed by atoms with Crippen molar-refractivity contribution in [3.63, 3.8) is 0 Å². The van der Waals surface area contributed by atoms with Crippen molar-refractivity contribution in [2.75, 3.05) is 24.7 Å². The van der Waals surface area contributed by atoms with Crippen LogP contribution in [0, 0.1) is 0 Å². The fraction of sp³-hybridized carbons (Fsp3) is 0.545. The first-order valence-electron chi connectivity index (χ1n) is 6.40. The topological polar surface area (TPSA) is 185 Å². The van der Waals surface area contributed by atoms with Crippen molar-refractivity contribution < 1.29 is 25.2 Å². The minimum atomic E-state index is -1.63. The van der Waals surface area contributed by atoms with Crippen LogP contribution < -0.4 is 16.2 Å². The predicted molar refractivity (Wildman–Crippen MR) is 73.4 cm³/mol. The summed E-state index contributed by atoms with van der Waals surface area (Å²) < 4.78 is 4.43. The summed E-state index contributed by atoms with van der Waals surface area (Å²) in [6.45, 7) is -0.447. The van der Waals surface area contributed by atoms with Crippen LogP contribution in [0.1, 0.15) is 0 Å². The number of ether oxygens (including phenoxy) is 1. The number of H-pyrrole nitrogens is 1. The number of rotatable bonds is 2. The number of fused-ring (bicyclic) bond motifs is 1. The Balaban J connectivity index is 0.000000164. The zero-order valence-corrected chi connectivity index (χ0v) is 11.7. The number of aromatic amines is 1. The second kappa shape index (κ2) is 6.81. The largest absolute Gasteiger partial charge is 0.829 e. The summed E-state index contributed by atoms with van der Waals surface area (Å²) in [6.07, 6.45) is -3.69. The number of imidazole rings is 1. The van der Waals surface area contributed by atoms with Gasteiger partial charge in [-0.3, -0.25) is 0 Å². The van der Waals surface area contributed by atoms with E-state index in [2.05, 4.69) is 30.0 Å². The predicted octanol–water partition coefficient (Wildman–Crippen LogP) is -3.24. The summed E-state index contributed by atoms with van der Waals surface area (Å²) in [5, 5.41) is 39.5. The standard InChI is InChI=1S/C6H8N6.C5H9O5/c1-8-4-3-5(10-2-9-3)12-6(7)11-4;6-1-2-3(7)4(8)5(9)10-2/h2H,1H3,(H4,7,8,9,10,11,12);2-8H,1H2/q;-1/t;2-,3-,4-,5?/m.1/s1. The van der Waals surface area contributed by atoms with E-state index in [9.17, 15) is 5.11 Å². The molecule has 122 valence electrons. The molecule has 7 N–H and O–H groups in total. The Bertz CT molecular complexity index is 622. The van der Waals surface area contributed by atoms with Gasteiger partial charge in [-0.15, -0.1) is 0 Å². The van der Waals surface area contributed by atoms with Gasteiger partial charge < -0.3 is 41.2 Å². The van der Waals surface area contributed by atoms with Crippen molar-refractivity contribution in [3.05, 3.63) is 6.33 Å². The molecule has 1 saturated heterocycles. The molecule has 0 aliphatic carbocycles. The van der Waals surface area contributed by atoms with Crippen LogP contribution in [0.15, 0.2) is 6.33 Å². The van der Waals surface area contributed by atoms with Gasteiger partial charge >= 0.3 is 0 Å². The lowest BCUT2D eigenvalue weighted by atomic mass is 10.1. The summed E-state index contributed by atoms with van der Waals surface area (Å²) in [6, 6.07) is 0. The maximum absolute atomic E-state index is 10.5. The number of nitrogens with two attached hydrogens (primary N) is 1. The molecule has 2 aromatic heterocycles. The summed E-state index contributed by atoms with van der Waals surface area (Å²) in [4.78, 5) is 14.8. The molecule has 0 saturated carbocycles. The molecule has 22 heavy (non-hydrogen) atoms. The van der Waals surface area contributed by atoms with Crippen molar-refractivity contribution in [1.29, 1.82) is 0 Å². The van der Waals surface area contributed by atoms with Gasteiger partial charge in [0.15, 0.2) is 11.5 Å². The first kappa shape index (κ1) is 16.3. The highest BCUT2D eigenvalue weighted by Gasteiger charge is 2.36. The Labute approximate surface area is 124 Å². The number of aromatic nitrogens is 4. The van der Waals surface area contributed by atoms with E-state index in [1.807, 2.05) is 0 Å². The number of nitrogen functional groups attached to an aromatic ring is 1. The molecular weight excluding hydrogens is 296 g/mol. The molecule has 1 unspecified atom stereocenters. The van der Waals surface area contributed by atoms with E-state index in [0.29, 0.717) is 11.5 Å². The zero-order valence-electron chi connectivity index (χ0n) is 11.7. The molecule has 3 heterocycles. The number of hydrogen-bond acceptors (Lipinski definition) is 10. The number of nitrogens with zero attached hydrogens (tertiary/aromatic N) is 3. The van der Waals surface area contributed by atoms with Crippen LogP contribution in [0.5, 0.6) is 0 Å². The average Bonchev–Trinajstić information content (AvgIpc) is 3.07. The summed E-state index contributed by atoms with van der Waals surface area (Å²) in [5.41, 5.74) is 6.79. The number of aliphatic hydroxyl groups is 3. The molecule has 1 fully saturated rings. The minimum absolute atomic E-state index is 0.221. The van der Waals surface area contributed by atoms with E-state index < -0.39 is 31.2 Å². The lowest BCUT2D eigenvalue weighted by Crippen LogP contribution is -2.39. The third-order valence-electron chi connectivity index (χ3n) is 3.04. The van der Waals surface area contributed by atoms with Crippen molar-refractivity contribution in [1.82, 2.24) is 19.9 Å². The van der Waals surface area contributed by atoms with Crippen LogP contribution in [0.3, 0.4) is 0 Å². The summed E-state index contributed by atoms with van der Waals surface area (Å²) in [7, 11) is 1.77. The van der Waals surface area contributed by atoms with Gasteiger partial charge in [0.1, 0.15) is 17.7 Å². The highest BCUT2D eigenvalue weighted by Crippen LogP contribution is 2.17. The number of nitrogens with one attached hydrogen (secondary N) is 2. The van der Waals surface area contributed by atoms with Crippen molar-refractivity contribution >= 4 is 22.9 Å². The highest BCUT2D eigenvalue weighted by atomic mass is 16.6. The van der Waals surface area contributed by atoms with Crippen LogP contribution in [-0.4, -0.2) is 73.5 Å². The fourth-order valence-electron chi connectivity index (χ4n) is 1.90. The minimum Gasteiger partial charge on any atom is -0.829 e. The third-order valence-corrected chi connectivity index (χ3v) is 3.04. The lowest BCUT2D eigenvalue weighted by Gasteiger charge is -2.18. The van der Waals surface area contributed by atoms with Crippen molar-refractivity contribution in [3.8, 4) is 0 Å². The molecule has 0 spiro atoms. The number of anilines is 2. The van der Waals surface area contributed by atoms with Gasteiger partial charge in [0.25, 0.3) is 0 Å². The second-order valence-electron chi connectivity index (χ2n) is 4.49. The molecule has 2 aromatic rings. The van der Waals surface area contributed by atoms with Gasteiger partial charge in [0, 0.05) is 13.3 Å². The van der Waals surface area contributed by atoms with Crippen LogP contribution in [0.2, 0.25) is 0 Å². The lowest BCUT2D eigenvalue weighted by molar-refractivity contribution is -0.498. The molecular formula is C11H17N6O5-. The van der Waals surface area contributed by atoms with Crippen molar-refractivity contribution in [2.45, 2.75) is 24.6 Å². The van der Waals surface area contributed by atoms with Crippen molar-refractivity contribution in [2.24, 2.45) is 0 Å². The number of hydrogen-bond donors (Lipinski definition) is 6. The van der Waals surface area contributed by atoms with Gasteiger partial charge in [-0.05, 0) is 0 Å². The van der Waals surface area contributed by atoms with E-state index >= 15 is 0 Å². The Morgan fingerprint density at radius 1 is 1.41 bits per heavy atom. The van der Waals surface area contributed by atoms with Crippen LogP contribution in [0.4, 0.5) is 11.8 Å². The Kier molecular flexibility index (Phi) is 5.05. The quantitative estimate of drug-likeness (QED) is 0.329. The van der Waals surface area contributed by atoms with E-state index in [-0.39, 0.29) is 5.95 Å². The fourth-order valence-corrected chi connectivity index (χ4v) is 1.90. The van der Waals surface area contributed by atoms with E-state index in [4.69, 9.17) is 21.1 Å². The van der Waals surface area contributed by atoms with Gasteiger partial charge in [-0.1, -0.05) is 0 Å². The zero-order chi connectivity index (χ0) is 16.3. The van der Waals surface area contributed by atoms with E-state index in [1.165, 1.54) is 0 Å². The maximum atomic E-state index is 10.5. The monoisotopic (exact) mass is 313 g/mol. The molecule has 0 bridgehead atoms. The Hall–Kier alpha value is -2.05. The van der Waals surface area contributed by atoms with Gasteiger partial charge in [0.2, 0.25) is 5.95 Å². The van der Waals surface area contributed by atoms with Gasteiger partial charge in [-0.2, -0.15) is 9.97 Å². The Morgan fingerprint density at radius 3 is 2.64 bits per heavy atom. The third kappa shape index (κ3) is 3.23. The summed E-state index contributed by atoms with van der Waals surface area (Å²) in [5.74, 6) is 0.883. The molecule has 0 radical (unpaired) electrons. The number of aliphatic hydroxyl groups excluding tert-OH is 3. The maximum Gasteiger partial charge on any atom is 0.224 e. The smallest absolute Gasteiger partial charge is 0.224 e. The van der Waals surface area contributed by atoms with Crippen LogP contribution >= 0.6 is 0 Å². The first-order chi connectivity index (χ1) is 10.5. The van der Waals surface area contributed by atoms with E-state index in [1.54, 1.807) is 13.4 Å². The molecule has 4 atom stereocenters. The highest BCUT2D eigenvalue weighted by molar-refractivity contribution is 5.83. The first-order valence-corrected chi connectivity index (χ1v) is 6.40. The SMILES string of the molecule is CNc1nc(N)nc2nc[nH]c12.[O-]C1O[C@H](CO)[C@@H](O)[C@H]1O. The molecule has 0 amide bonds. The Morgan fingerprint density at radius 2 is 2.14 bits per heavy atom. The van der Waals surface area contributed by atoms with Gasteiger partial charge in [0.05, 0.1) is 19.0 Å². The van der Waals surface area contributed by atoms with E-state index in [0.717, 1.165) is 5.52 Å². The molecule has 0 aromatic carbocycles. The molecule has 1 aliphatic rings. The average molecular weight is 313 g/mol. The molecule has 11 heteroatoms. The molecule has 1 aliphatic heterocycles. The normalized spacial score (nSPS) is 27.5.